The van der Waals surface area contributed by atoms with Crippen LogP contribution in [0.15, 0.2) is 40.3 Å². The highest BCUT2D eigenvalue weighted by atomic mass is 32.1. The van der Waals surface area contributed by atoms with Crippen LogP contribution in [0, 0.1) is 0 Å². The molecule has 0 spiro atoms. The van der Waals surface area contributed by atoms with Gasteiger partial charge in [0.2, 0.25) is 0 Å². The lowest BCUT2D eigenvalue weighted by molar-refractivity contribution is 0.0922. The van der Waals surface area contributed by atoms with E-state index in [1.54, 1.807) is 17.7 Å². The summed E-state index contributed by atoms with van der Waals surface area (Å²) in [4.78, 5) is 16.1. The first-order chi connectivity index (χ1) is 9.66. The highest BCUT2D eigenvalue weighted by Gasteiger charge is 2.12. The van der Waals surface area contributed by atoms with E-state index in [1.165, 1.54) is 11.3 Å². The number of ether oxygens (including phenoxy) is 1. The molecule has 20 heavy (non-hydrogen) atoms. The predicted octanol–water partition coefficient (Wildman–Crippen LogP) is 2.73. The van der Waals surface area contributed by atoms with Crippen molar-refractivity contribution in [2.24, 2.45) is 0 Å². The van der Waals surface area contributed by atoms with Crippen molar-refractivity contribution in [1.29, 1.82) is 0 Å². The molecule has 2 aromatic rings. The average Bonchev–Trinajstić information content (AvgIpc) is 3.08. The third-order valence-corrected chi connectivity index (χ3v) is 3.21. The molecule has 6 heteroatoms. The van der Waals surface area contributed by atoms with Gasteiger partial charge in [0.05, 0.1) is 19.5 Å². The molecule has 0 aromatic carbocycles. The molecule has 1 amide bonds. The zero-order valence-corrected chi connectivity index (χ0v) is 12.0. The van der Waals surface area contributed by atoms with Crippen LogP contribution in [0.25, 0.3) is 10.8 Å². The van der Waals surface area contributed by atoms with Gasteiger partial charge in [0, 0.05) is 11.9 Å². The number of hydrogen-bond donors (Lipinski definition) is 1. The lowest BCUT2D eigenvalue weighted by Crippen LogP contribution is -2.27. The van der Waals surface area contributed by atoms with Crippen LogP contribution in [0.2, 0.25) is 0 Å². The van der Waals surface area contributed by atoms with Gasteiger partial charge in [-0.1, -0.05) is 12.2 Å². The smallest absolute Gasteiger partial charge is 0.270 e. The zero-order valence-electron chi connectivity index (χ0n) is 11.2. The van der Waals surface area contributed by atoms with Gasteiger partial charge in [-0.25, -0.2) is 4.98 Å². The van der Waals surface area contributed by atoms with Gasteiger partial charge < -0.3 is 14.5 Å². The quantitative estimate of drug-likeness (QED) is 0.629. The molecule has 0 bridgehead atoms. The highest BCUT2D eigenvalue weighted by molar-refractivity contribution is 7.13. The van der Waals surface area contributed by atoms with Crippen molar-refractivity contribution in [3.05, 3.63) is 41.6 Å². The fourth-order valence-electron chi connectivity index (χ4n) is 1.47. The lowest BCUT2D eigenvalue weighted by Gasteiger charge is -2.04. The molecule has 0 aliphatic rings. The van der Waals surface area contributed by atoms with Crippen molar-refractivity contribution in [1.82, 2.24) is 10.3 Å². The van der Waals surface area contributed by atoms with E-state index in [0.29, 0.717) is 36.2 Å². The topological polar surface area (TPSA) is 64.4 Å². The second kappa shape index (κ2) is 7.02. The molecule has 5 nitrogen and oxygen atoms in total. The number of thiazole rings is 1. The van der Waals surface area contributed by atoms with Gasteiger partial charge in [0.25, 0.3) is 5.91 Å². The summed E-state index contributed by atoms with van der Waals surface area (Å²) in [6.07, 6.45) is 1.58. The van der Waals surface area contributed by atoms with E-state index in [-0.39, 0.29) is 5.91 Å². The maximum atomic E-state index is 11.9. The van der Waals surface area contributed by atoms with Crippen molar-refractivity contribution in [3.63, 3.8) is 0 Å². The summed E-state index contributed by atoms with van der Waals surface area (Å²) in [6.45, 7) is 7.03. The summed E-state index contributed by atoms with van der Waals surface area (Å²) in [5, 5.41) is 5.15. The second-order valence-corrected chi connectivity index (χ2v) is 5.14. The summed E-state index contributed by atoms with van der Waals surface area (Å²) in [5.41, 5.74) is 1.35. The minimum absolute atomic E-state index is 0.210. The van der Waals surface area contributed by atoms with E-state index in [0.717, 1.165) is 5.57 Å². The van der Waals surface area contributed by atoms with E-state index < -0.39 is 0 Å². The van der Waals surface area contributed by atoms with E-state index in [4.69, 9.17) is 9.15 Å². The SMILES string of the molecule is C=C(C)COCCNC(=O)c1csc(-c2ccco2)n1. The van der Waals surface area contributed by atoms with Gasteiger partial charge in [-0.05, 0) is 19.1 Å². The van der Waals surface area contributed by atoms with E-state index in [2.05, 4.69) is 16.9 Å². The number of nitrogens with one attached hydrogen (secondary N) is 1. The Morgan fingerprint density at radius 1 is 1.60 bits per heavy atom. The Hall–Kier alpha value is -1.92. The molecule has 0 saturated carbocycles. The lowest BCUT2D eigenvalue weighted by atomic mass is 10.4. The minimum Gasteiger partial charge on any atom is -0.462 e. The van der Waals surface area contributed by atoms with Gasteiger partial charge in [-0.2, -0.15) is 0 Å². The molecule has 0 aliphatic carbocycles. The summed E-state index contributed by atoms with van der Waals surface area (Å²) >= 11 is 1.37. The predicted molar refractivity (Wildman–Crippen MR) is 77.8 cm³/mol. The number of carbonyl (C=O) groups excluding carboxylic acids is 1. The molecule has 2 aromatic heterocycles. The Balaban J connectivity index is 1.80. The Kier molecular flexibility index (Phi) is 5.09. The molecule has 0 fully saturated rings. The number of aromatic nitrogens is 1. The van der Waals surface area contributed by atoms with Gasteiger partial charge >= 0.3 is 0 Å². The number of carbonyl (C=O) groups is 1. The van der Waals surface area contributed by atoms with Crippen LogP contribution < -0.4 is 5.32 Å². The summed E-state index contributed by atoms with van der Waals surface area (Å²) < 4.78 is 10.5. The normalized spacial score (nSPS) is 10.4. The van der Waals surface area contributed by atoms with Crippen molar-refractivity contribution < 1.29 is 13.9 Å². The van der Waals surface area contributed by atoms with E-state index in [1.807, 2.05) is 13.0 Å². The number of amides is 1. The number of rotatable bonds is 7. The molecule has 1 N–H and O–H groups in total. The fourth-order valence-corrected chi connectivity index (χ4v) is 2.23. The van der Waals surface area contributed by atoms with E-state index >= 15 is 0 Å². The maximum Gasteiger partial charge on any atom is 0.270 e. The van der Waals surface area contributed by atoms with Crippen LogP contribution in [-0.4, -0.2) is 30.6 Å². The molecule has 0 saturated heterocycles. The molecular formula is C14H16N2O3S. The first-order valence-electron chi connectivity index (χ1n) is 6.16. The second-order valence-electron chi connectivity index (χ2n) is 4.28. The Morgan fingerprint density at radius 2 is 2.45 bits per heavy atom. The summed E-state index contributed by atoms with van der Waals surface area (Å²) in [5.74, 6) is 0.455. The molecule has 2 rings (SSSR count). The number of nitrogens with zero attached hydrogens (tertiary/aromatic N) is 1. The van der Waals surface area contributed by atoms with Crippen molar-refractivity contribution in [2.75, 3.05) is 19.8 Å². The van der Waals surface area contributed by atoms with Gasteiger partial charge in [-0.15, -0.1) is 11.3 Å². The zero-order chi connectivity index (χ0) is 14.4. The average molecular weight is 292 g/mol. The standard InChI is InChI=1S/C14H16N2O3S/c1-10(2)8-18-7-5-15-13(17)11-9-20-14(16-11)12-4-3-6-19-12/h3-4,6,9H,1,5,7-8H2,2H3,(H,15,17). The molecule has 0 unspecified atom stereocenters. The van der Waals surface area contributed by atoms with Crippen LogP contribution in [0.1, 0.15) is 17.4 Å². The Bertz CT molecular complexity index is 575. The van der Waals surface area contributed by atoms with Gasteiger partial charge in [0.15, 0.2) is 10.8 Å². The van der Waals surface area contributed by atoms with Crippen LogP contribution in [0.4, 0.5) is 0 Å². The van der Waals surface area contributed by atoms with Crippen LogP contribution in [0.3, 0.4) is 0 Å². The van der Waals surface area contributed by atoms with Crippen molar-refractivity contribution >= 4 is 17.2 Å². The third kappa shape index (κ3) is 4.04. The molecule has 0 atom stereocenters. The van der Waals surface area contributed by atoms with Crippen LogP contribution >= 0.6 is 11.3 Å². The van der Waals surface area contributed by atoms with Crippen molar-refractivity contribution in [2.45, 2.75) is 6.92 Å². The molecule has 0 radical (unpaired) electrons. The molecule has 2 heterocycles. The first kappa shape index (κ1) is 14.5. The van der Waals surface area contributed by atoms with Gasteiger partial charge in [-0.3, -0.25) is 4.79 Å². The highest BCUT2D eigenvalue weighted by Crippen LogP contribution is 2.23. The molecular weight excluding hydrogens is 276 g/mol. The summed E-state index contributed by atoms with van der Waals surface area (Å²) in [6, 6.07) is 3.60. The number of hydrogen-bond acceptors (Lipinski definition) is 5. The van der Waals surface area contributed by atoms with Crippen LogP contribution in [0.5, 0.6) is 0 Å². The van der Waals surface area contributed by atoms with E-state index in [9.17, 15) is 4.79 Å². The van der Waals surface area contributed by atoms with Gasteiger partial charge in [0.1, 0.15) is 5.69 Å². The largest absolute Gasteiger partial charge is 0.462 e. The maximum absolute atomic E-state index is 11.9. The Labute approximate surface area is 121 Å². The molecule has 0 aliphatic heterocycles. The van der Waals surface area contributed by atoms with Crippen molar-refractivity contribution in [3.8, 4) is 10.8 Å². The fraction of sp³-hybridized carbons (Fsp3) is 0.286. The summed E-state index contributed by atoms with van der Waals surface area (Å²) in [7, 11) is 0. The Morgan fingerprint density at radius 3 is 3.15 bits per heavy atom. The minimum atomic E-state index is -0.210. The monoisotopic (exact) mass is 292 g/mol. The first-order valence-corrected chi connectivity index (χ1v) is 7.04. The van der Waals surface area contributed by atoms with Crippen LogP contribution in [-0.2, 0) is 4.74 Å². The molecule has 106 valence electrons. The number of furan rings is 1. The third-order valence-electron chi connectivity index (χ3n) is 2.35.